The quantitative estimate of drug-likeness (QED) is 0.166. The lowest BCUT2D eigenvalue weighted by atomic mass is 9.95. The standard InChI is InChI=1S/C35H40ClF2N6O3S/c1-34(2,3)47-33(45)43-18-25(37)26(19-43)42(4)31-23-17-39-29(22-11-5-9-21-10-6-12-24(36)27(21)22)28(38)30(23)40-32(41-31)46-20-35-13-7-15-44(35,48)16-8-14-35/h5-6,9-12,17,25-26,48H,7-8,13-16,18-20H2,1-4H3/q+1/t25-,26-,35?,44?/m0/s1. The second-order valence-electron chi connectivity index (χ2n) is 14.3. The summed E-state index contributed by atoms with van der Waals surface area (Å²) in [6.45, 7) is 7.46. The molecular weight excluding hydrogens is 658 g/mol. The number of hydrogen-bond acceptors (Lipinski definition) is 8. The average Bonchev–Trinajstić information content (AvgIpc) is 3.68. The van der Waals surface area contributed by atoms with Crippen LogP contribution < -0.4 is 9.64 Å². The molecular formula is C35H40ClF2N6O3S+. The largest absolute Gasteiger partial charge is 0.457 e. The SMILES string of the molecule is CN(c1nc(OCC23CCC[N+]2(S)CCC3)nc2c(F)c(-c3cccc4cccc(Cl)c34)ncc12)[C@H]1CN(C(=O)OC(C)(C)C)C[C@@H]1F. The predicted molar refractivity (Wildman–Crippen MR) is 186 cm³/mol. The van der Waals surface area contributed by atoms with Crippen LogP contribution in [0.5, 0.6) is 6.01 Å². The van der Waals surface area contributed by atoms with Crippen LogP contribution in [0.25, 0.3) is 32.9 Å². The molecule has 2 aromatic heterocycles. The molecule has 3 aliphatic rings. The van der Waals surface area contributed by atoms with Gasteiger partial charge in [-0.25, -0.2) is 13.6 Å². The molecule has 48 heavy (non-hydrogen) atoms. The fourth-order valence-corrected chi connectivity index (χ4v) is 8.53. The number of rotatable bonds is 6. The van der Waals surface area contributed by atoms with E-state index in [1.807, 2.05) is 24.3 Å². The summed E-state index contributed by atoms with van der Waals surface area (Å²) in [6.07, 6.45) is 3.53. The van der Waals surface area contributed by atoms with Gasteiger partial charge in [-0.2, -0.15) is 9.97 Å². The minimum atomic E-state index is -1.41. The maximum atomic E-state index is 16.8. The fraction of sp³-hybridized carbons (Fsp3) is 0.486. The number of likely N-dealkylation sites (N-methyl/N-ethyl adjacent to an activating group) is 1. The Labute approximate surface area is 289 Å². The number of amides is 1. The van der Waals surface area contributed by atoms with E-state index in [4.69, 9.17) is 38.9 Å². The topological polar surface area (TPSA) is 80.7 Å². The number of ether oxygens (including phenoxy) is 2. The van der Waals surface area contributed by atoms with Gasteiger partial charge in [-0.1, -0.05) is 41.9 Å². The van der Waals surface area contributed by atoms with E-state index in [2.05, 4.69) is 9.97 Å². The molecule has 0 spiro atoms. The molecule has 3 fully saturated rings. The first-order valence-corrected chi connectivity index (χ1v) is 17.2. The first-order chi connectivity index (χ1) is 22.8. The molecule has 9 nitrogen and oxygen atoms in total. The van der Waals surface area contributed by atoms with Crippen LogP contribution in [-0.4, -0.2) is 93.0 Å². The molecule has 13 heteroatoms. The van der Waals surface area contributed by atoms with Gasteiger partial charge in [0.2, 0.25) is 0 Å². The Kier molecular flexibility index (Phi) is 8.35. The third kappa shape index (κ3) is 5.69. The van der Waals surface area contributed by atoms with Gasteiger partial charge < -0.3 is 19.3 Å². The lowest BCUT2D eigenvalue weighted by molar-refractivity contribution is -0.820. The average molecular weight is 698 g/mol. The number of anilines is 1. The summed E-state index contributed by atoms with van der Waals surface area (Å²) < 4.78 is 45.0. The van der Waals surface area contributed by atoms with Gasteiger partial charge in [0.15, 0.2) is 5.82 Å². The minimum Gasteiger partial charge on any atom is -0.457 e. The van der Waals surface area contributed by atoms with E-state index in [1.165, 1.54) is 11.1 Å². The minimum absolute atomic E-state index is 0.00437. The Morgan fingerprint density at radius 1 is 1.15 bits per heavy atom. The van der Waals surface area contributed by atoms with E-state index in [1.54, 1.807) is 44.9 Å². The van der Waals surface area contributed by atoms with Crippen molar-refractivity contribution < 1.29 is 26.9 Å². The summed E-state index contributed by atoms with van der Waals surface area (Å²) in [4.78, 5) is 29.7. The van der Waals surface area contributed by atoms with Crippen molar-refractivity contribution in [1.29, 1.82) is 0 Å². The third-order valence-corrected chi connectivity index (χ3v) is 11.3. The molecule has 0 radical (unpaired) electrons. The van der Waals surface area contributed by atoms with Crippen LogP contribution in [0.15, 0.2) is 42.6 Å². The lowest BCUT2D eigenvalue weighted by Crippen LogP contribution is -2.53. The van der Waals surface area contributed by atoms with Crippen molar-refractivity contribution in [3.05, 3.63) is 53.4 Å². The van der Waals surface area contributed by atoms with Crippen LogP contribution >= 0.6 is 24.4 Å². The van der Waals surface area contributed by atoms with E-state index in [9.17, 15) is 4.79 Å². The molecule has 0 aliphatic carbocycles. The molecule has 3 saturated heterocycles. The number of hydrogen-bond donors (Lipinski definition) is 1. The number of likely N-dealkylation sites (tertiary alicyclic amines) is 1. The van der Waals surface area contributed by atoms with E-state index in [-0.39, 0.29) is 41.7 Å². The number of alkyl halides is 1. The maximum Gasteiger partial charge on any atom is 0.410 e. The van der Waals surface area contributed by atoms with Gasteiger partial charge in [-0.05, 0) is 32.2 Å². The van der Waals surface area contributed by atoms with Crippen molar-refractivity contribution in [3.8, 4) is 17.3 Å². The molecule has 1 amide bonds. The third-order valence-electron chi connectivity index (χ3n) is 10.1. The van der Waals surface area contributed by atoms with Crippen molar-refractivity contribution in [2.24, 2.45) is 0 Å². The molecule has 5 heterocycles. The highest BCUT2D eigenvalue weighted by molar-refractivity contribution is 7.74. The summed E-state index contributed by atoms with van der Waals surface area (Å²) >= 11 is 11.7. The van der Waals surface area contributed by atoms with Crippen molar-refractivity contribution in [2.75, 3.05) is 44.7 Å². The molecule has 3 aliphatic heterocycles. The maximum absolute atomic E-state index is 16.8. The zero-order valence-corrected chi connectivity index (χ0v) is 29.2. The highest BCUT2D eigenvalue weighted by Crippen LogP contribution is 2.48. The Bertz CT molecular complexity index is 1890. The number of carbonyl (C=O) groups is 1. The van der Waals surface area contributed by atoms with E-state index in [0.717, 1.165) is 44.2 Å². The van der Waals surface area contributed by atoms with Gasteiger partial charge in [0.05, 0.1) is 43.9 Å². The van der Waals surface area contributed by atoms with Gasteiger partial charge in [0.25, 0.3) is 0 Å². The van der Waals surface area contributed by atoms with E-state index < -0.39 is 29.7 Å². The number of fused-ring (bicyclic) bond motifs is 3. The zero-order valence-electron chi connectivity index (χ0n) is 27.5. The van der Waals surface area contributed by atoms with Crippen LogP contribution in [-0.2, 0) is 4.74 Å². The van der Waals surface area contributed by atoms with Gasteiger partial charge in [0.1, 0.15) is 40.9 Å². The molecule has 7 rings (SSSR count). The first-order valence-electron chi connectivity index (χ1n) is 16.4. The number of pyridine rings is 1. The summed E-state index contributed by atoms with van der Waals surface area (Å²) in [5, 5.41) is 2.29. The summed E-state index contributed by atoms with van der Waals surface area (Å²) in [6, 6.07) is 10.2. The molecule has 0 N–H and O–H groups in total. The van der Waals surface area contributed by atoms with Crippen molar-refractivity contribution >= 4 is 58.0 Å². The van der Waals surface area contributed by atoms with Gasteiger partial charge in [0, 0.05) is 61.4 Å². The number of aromatic nitrogens is 3. The summed E-state index contributed by atoms with van der Waals surface area (Å²) in [7, 11) is 1.68. The van der Waals surface area contributed by atoms with Crippen LogP contribution in [0.1, 0.15) is 46.5 Å². The molecule has 0 saturated carbocycles. The fourth-order valence-electron chi connectivity index (χ4n) is 7.71. The van der Waals surface area contributed by atoms with Crippen molar-refractivity contribution in [2.45, 2.75) is 69.8 Å². The Morgan fingerprint density at radius 2 is 1.85 bits per heavy atom. The zero-order chi connectivity index (χ0) is 34.0. The molecule has 0 unspecified atom stereocenters. The normalized spacial score (nSPS) is 25.5. The number of benzene rings is 2. The Morgan fingerprint density at radius 3 is 2.56 bits per heavy atom. The predicted octanol–water partition coefficient (Wildman–Crippen LogP) is 7.40. The number of halogens is 3. The van der Waals surface area contributed by atoms with Crippen LogP contribution in [0, 0.1) is 5.82 Å². The molecule has 2 atom stereocenters. The van der Waals surface area contributed by atoms with E-state index in [0.29, 0.717) is 31.9 Å². The van der Waals surface area contributed by atoms with Crippen LogP contribution in [0.3, 0.4) is 0 Å². The Balaban J connectivity index is 1.30. The summed E-state index contributed by atoms with van der Waals surface area (Å²) in [5.41, 5.74) is -0.308. The van der Waals surface area contributed by atoms with Crippen LogP contribution in [0.4, 0.5) is 19.4 Å². The number of carbonyl (C=O) groups excluding carboxylic acids is 1. The number of quaternary nitrogens is 1. The monoisotopic (exact) mass is 697 g/mol. The molecule has 2 aromatic carbocycles. The Hall–Kier alpha value is -3.48. The molecule has 4 aromatic rings. The second kappa shape index (κ2) is 12.1. The van der Waals surface area contributed by atoms with Gasteiger partial charge in [-0.15, -0.1) is 0 Å². The highest BCUT2D eigenvalue weighted by atomic mass is 35.5. The molecule has 0 bridgehead atoms. The van der Waals surface area contributed by atoms with E-state index >= 15 is 8.78 Å². The summed E-state index contributed by atoms with van der Waals surface area (Å²) in [5.74, 6) is -0.413. The smallest absolute Gasteiger partial charge is 0.410 e. The van der Waals surface area contributed by atoms with Gasteiger partial charge in [-0.3, -0.25) is 8.87 Å². The molecule has 254 valence electrons. The lowest BCUT2D eigenvalue weighted by Gasteiger charge is -2.37. The van der Waals surface area contributed by atoms with Crippen LogP contribution in [0.2, 0.25) is 5.02 Å². The van der Waals surface area contributed by atoms with Gasteiger partial charge >= 0.3 is 12.1 Å². The van der Waals surface area contributed by atoms with Crippen molar-refractivity contribution in [3.63, 3.8) is 0 Å². The first kappa shape index (κ1) is 33.0. The number of thiol groups is 1. The second-order valence-corrected chi connectivity index (χ2v) is 15.5. The van der Waals surface area contributed by atoms with Crippen molar-refractivity contribution in [1.82, 2.24) is 19.9 Å². The number of nitrogens with zero attached hydrogens (tertiary/aromatic N) is 6. The highest BCUT2D eigenvalue weighted by Gasteiger charge is 2.58.